The van der Waals surface area contributed by atoms with Crippen LogP contribution in [-0.2, 0) is 16.1 Å². The van der Waals surface area contributed by atoms with Gasteiger partial charge in [0.15, 0.2) is 11.6 Å². The number of ether oxygens (including phenoxy) is 1. The Morgan fingerprint density at radius 3 is 2.45 bits per heavy atom. The topological polar surface area (TPSA) is 58.6 Å². The summed E-state index contributed by atoms with van der Waals surface area (Å²) in [5.74, 6) is -2.75. The van der Waals surface area contributed by atoms with Gasteiger partial charge < -0.3 is 15.0 Å². The first-order valence-electron chi connectivity index (χ1n) is 9.65. The number of benzene rings is 2. The maximum absolute atomic E-state index is 13.4. The standard InChI is InChI=1S/C22H24F2N2O3/c1-15(17-7-8-19(23)20(24)13-17)21(27)25-18-9-11-26(12-10-18)22(28)29-14-16-5-3-2-4-6-16/h2-8,13,15,18H,9-12,14H2,1H3,(H,25,27). The highest BCUT2D eigenvalue weighted by molar-refractivity contribution is 5.83. The molecule has 1 aliphatic rings. The van der Waals surface area contributed by atoms with Crippen LogP contribution < -0.4 is 5.32 Å². The van der Waals surface area contributed by atoms with E-state index in [4.69, 9.17) is 4.74 Å². The molecule has 1 aliphatic heterocycles. The Labute approximate surface area is 168 Å². The van der Waals surface area contributed by atoms with E-state index >= 15 is 0 Å². The molecule has 1 heterocycles. The summed E-state index contributed by atoms with van der Waals surface area (Å²) in [7, 11) is 0. The van der Waals surface area contributed by atoms with Gasteiger partial charge in [0.25, 0.3) is 0 Å². The number of hydrogen-bond acceptors (Lipinski definition) is 3. The van der Waals surface area contributed by atoms with E-state index in [1.54, 1.807) is 11.8 Å². The van der Waals surface area contributed by atoms with Crippen molar-refractivity contribution < 1.29 is 23.1 Å². The number of amides is 2. The van der Waals surface area contributed by atoms with E-state index in [0.717, 1.165) is 17.7 Å². The van der Waals surface area contributed by atoms with Gasteiger partial charge in [0.05, 0.1) is 5.92 Å². The monoisotopic (exact) mass is 402 g/mol. The number of piperidine rings is 1. The average molecular weight is 402 g/mol. The molecule has 0 bridgehead atoms. The summed E-state index contributed by atoms with van der Waals surface area (Å²) in [5, 5.41) is 2.93. The van der Waals surface area contributed by atoms with E-state index in [1.807, 2.05) is 30.3 Å². The molecule has 1 fully saturated rings. The van der Waals surface area contributed by atoms with Gasteiger partial charge in [-0.25, -0.2) is 13.6 Å². The van der Waals surface area contributed by atoms with Gasteiger partial charge >= 0.3 is 6.09 Å². The Morgan fingerprint density at radius 2 is 1.79 bits per heavy atom. The predicted octanol–water partition coefficient (Wildman–Crippen LogP) is 3.99. The van der Waals surface area contributed by atoms with Crippen molar-refractivity contribution in [3.8, 4) is 0 Å². The third-order valence-corrected chi connectivity index (χ3v) is 5.14. The molecule has 7 heteroatoms. The zero-order valence-electron chi connectivity index (χ0n) is 16.2. The summed E-state index contributed by atoms with van der Waals surface area (Å²) in [6.45, 7) is 2.84. The second kappa shape index (κ2) is 9.49. The summed E-state index contributed by atoms with van der Waals surface area (Å²) in [6.07, 6.45) is 0.849. The lowest BCUT2D eigenvalue weighted by Gasteiger charge is -2.32. The van der Waals surface area contributed by atoms with Crippen molar-refractivity contribution in [3.05, 3.63) is 71.3 Å². The van der Waals surface area contributed by atoms with Crippen molar-refractivity contribution in [1.82, 2.24) is 10.2 Å². The molecule has 0 aliphatic carbocycles. The van der Waals surface area contributed by atoms with Gasteiger partial charge in [-0.1, -0.05) is 36.4 Å². The maximum Gasteiger partial charge on any atom is 0.410 e. The third kappa shape index (κ3) is 5.53. The molecule has 29 heavy (non-hydrogen) atoms. The molecule has 0 saturated carbocycles. The molecule has 1 N–H and O–H groups in total. The first kappa shape index (κ1) is 20.8. The number of carbonyl (C=O) groups is 2. The van der Waals surface area contributed by atoms with E-state index in [2.05, 4.69) is 5.32 Å². The number of rotatable bonds is 5. The molecule has 1 atom stereocenters. The summed E-state index contributed by atoms with van der Waals surface area (Å²) in [4.78, 5) is 26.3. The Bertz CT molecular complexity index is 852. The van der Waals surface area contributed by atoms with Crippen LogP contribution in [0.1, 0.15) is 36.8 Å². The SMILES string of the molecule is CC(C(=O)NC1CCN(C(=O)OCc2ccccc2)CC1)c1ccc(F)c(F)c1. The average Bonchev–Trinajstić information content (AvgIpc) is 2.74. The number of likely N-dealkylation sites (tertiary alicyclic amines) is 1. The van der Waals surface area contributed by atoms with Gasteiger partial charge in [0.1, 0.15) is 6.61 Å². The maximum atomic E-state index is 13.4. The Balaban J connectivity index is 1.44. The quantitative estimate of drug-likeness (QED) is 0.823. The van der Waals surface area contributed by atoms with Crippen molar-refractivity contribution in [2.24, 2.45) is 0 Å². The fourth-order valence-corrected chi connectivity index (χ4v) is 3.28. The van der Waals surface area contributed by atoms with E-state index in [0.29, 0.717) is 31.5 Å². The normalized spacial score (nSPS) is 15.6. The highest BCUT2D eigenvalue weighted by Crippen LogP contribution is 2.20. The minimum Gasteiger partial charge on any atom is -0.445 e. The minimum atomic E-state index is -0.968. The van der Waals surface area contributed by atoms with E-state index < -0.39 is 17.6 Å². The highest BCUT2D eigenvalue weighted by Gasteiger charge is 2.26. The lowest BCUT2D eigenvalue weighted by molar-refractivity contribution is -0.123. The van der Waals surface area contributed by atoms with Crippen LogP contribution in [-0.4, -0.2) is 36.0 Å². The molecule has 5 nitrogen and oxygen atoms in total. The molecule has 154 valence electrons. The van der Waals surface area contributed by atoms with Crippen molar-refractivity contribution in [3.63, 3.8) is 0 Å². The Morgan fingerprint density at radius 1 is 1.10 bits per heavy atom. The van der Waals surface area contributed by atoms with Crippen LogP contribution in [0.25, 0.3) is 0 Å². The smallest absolute Gasteiger partial charge is 0.410 e. The summed E-state index contributed by atoms with van der Waals surface area (Å²) in [5.41, 5.74) is 1.34. The second-order valence-electron chi connectivity index (χ2n) is 7.21. The molecule has 2 aromatic rings. The summed E-state index contributed by atoms with van der Waals surface area (Å²) in [6, 6.07) is 12.9. The molecule has 0 spiro atoms. The Hall–Kier alpha value is -2.96. The fourth-order valence-electron chi connectivity index (χ4n) is 3.28. The van der Waals surface area contributed by atoms with Crippen LogP contribution >= 0.6 is 0 Å². The van der Waals surface area contributed by atoms with Crippen LogP contribution in [0.5, 0.6) is 0 Å². The van der Waals surface area contributed by atoms with Crippen LogP contribution in [0, 0.1) is 11.6 Å². The zero-order chi connectivity index (χ0) is 20.8. The van der Waals surface area contributed by atoms with Gasteiger partial charge in [-0.15, -0.1) is 0 Å². The first-order chi connectivity index (χ1) is 13.9. The fraction of sp³-hybridized carbons (Fsp3) is 0.364. The van der Waals surface area contributed by atoms with Gasteiger partial charge in [-0.2, -0.15) is 0 Å². The highest BCUT2D eigenvalue weighted by atomic mass is 19.2. The van der Waals surface area contributed by atoms with Crippen LogP contribution in [0.2, 0.25) is 0 Å². The van der Waals surface area contributed by atoms with Crippen LogP contribution in [0.3, 0.4) is 0 Å². The minimum absolute atomic E-state index is 0.0755. The van der Waals surface area contributed by atoms with E-state index in [-0.39, 0.29) is 24.6 Å². The van der Waals surface area contributed by atoms with E-state index in [9.17, 15) is 18.4 Å². The van der Waals surface area contributed by atoms with Gasteiger partial charge in [-0.3, -0.25) is 4.79 Å². The van der Waals surface area contributed by atoms with Crippen molar-refractivity contribution in [1.29, 1.82) is 0 Å². The second-order valence-corrected chi connectivity index (χ2v) is 7.21. The summed E-state index contributed by atoms with van der Waals surface area (Å²) >= 11 is 0. The number of carbonyl (C=O) groups excluding carboxylic acids is 2. The number of nitrogens with one attached hydrogen (secondary N) is 1. The van der Waals surface area contributed by atoms with Crippen molar-refractivity contribution >= 4 is 12.0 Å². The number of halogens is 2. The number of nitrogens with zero attached hydrogens (tertiary/aromatic N) is 1. The predicted molar refractivity (Wildman–Crippen MR) is 104 cm³/mol. The lowest BCUT2D eigenvalue weighted by atomic mass is 9.98. The molecule has 1 saturated heterocycles. The first-order valence-corrected chi connectivity index (χ1v) is 9.65. The summed E-state index contributed by atoms with van der Waals surface area (Å²) < 4.78 is 31.8. The van der Waals surface area contributed by atoms with Gasteiger partial charge in [-0.05, 0) is 43.0 Å². The molecule has 0 aromatic heterocycles. The molecule has 1 unspecified atom stereocenters. The zero-order valence-corrected chi connectivity index (χ0v) is 16.2. The lowest BCUT2D eigenvalue weighted by Crippen LogP contribution is -2.47. The molecule has 0 radical (unpaired) electrons. The van der Waals surface area contributed by atoms with Crippen molar-refractivity contribution in [2.75, 3.05) is 13.1 Å². The van der Waals surface area contributed by atoms with Crippen molar-refractivity contribution in [2.45, 2.75) is 38.3 Å². The number of hydrogen-bond donors (Lipinski definition) is 1. The molecular formula is C22H24F2N2O3. The molecule has 2 amide bonds. The third-order valence-electron chi connectivity index (χ3n) is 5.14. The molecular weight excluding hydrogens is 378 g/mol. The Kier molecular flexibility index (Phi) is 6.80. The van der Waals surface area contributed by atoms with Crippen LogP contribution in [0.15, 0.2) is 48.5 Å². The van der Waals surface area contributed by atoms with Gasteiger partial charge in [0, 0.05) is 19.1 Å². The largest absolute Gasteiger partial charge is 0.445 e. The molecule has 2 aromatic carbocycles. The molecule has 3 rings (SSSR count). The van der Waals surface area contributed by atoms with E-state index in [1.165, 1.54) is 6.07 Å². The van der Waals surface area contributed by atoms with Crippen LogP contribution in [0.4, 0.5) is 13.6 Å². The van der Waals surface area contributed by atoms with Gasteiger partial charge in [0.2, 0.25) is 5.91 Å².